The minimum Gasteiger partial charge on any atom is -0.458 e. The van der Waals surface area contributed by atoms with Gasteiger partial charge in [0, 0.05) is 11.1 Å². The molecule has 1 aromatic carbocycles. The Kier molecular flexibility index (Phi) is 5.26. The largest absolute Gasteiger partial charge is 0.458 e. The summed E-state index contributed by atoms with van der Waals surface area (Å²) in [6, 6.07) is 9.16. The molecule has 1 unspecified atom stereocenters. The summed E-state index contributed by atoms with van der Waals surface area (Å²) < 4.78 is 5.06. The van der Waals surface area contributed by atoms with Crippen LogP contribution in [0.2, 0.25) is 0 Å². The van der Waals surface area contributed by atoms with E-state index in [9.17, 15) is 9.59 Å². The summed E-state index contributed by atoms with van der Waals surface area (Å²) in [5.41, 5.74) is 1.84. The third-order valence-corrected chi connectivity index (χ3v) is 3.29. The Morgan fingerprint density at radius 3 is 2.64 bits per heavy atom. The van der Waals surface area contributed by atoms with E-state index in [1.54, 1.807) is 25.1 Å². The van der Waals surface area contributed by atoms with E-state index in [1.807, 2.05) is 42.5 Å². The first-order valence-electron chi connectivity index (χ1n) is 7.06. The molecule has 0 fully saturated rings. The van der Waals surface area contributed by atoms with Gasteiger partial charge in [-0.2, -0.15) is 0 Å². The van der Waals surface area contributed by atoms with Crippen LogP contribution in [0.15, 0.2) is 78.4 Å². The van der Waals surface area contributed by atoms with Crippen LogP contribution in [-0.4, -0.2) is 18.4 Å². The fourth-order valence-electron chi connectivity index (χ4n) is 2.11. The predicted molar refractivity (Wildman–Crippen MR) is 86.4 cm³/mol. The second-order valence-electron chi connectivity index (χ2n) is 5.03. The lowest BCUT2D eigenvalue weighted by Crippen LogP contribution is -2.16. The molecule has 0 amide bonds. The van der Waals surface area contributed by atoms with Crippen LogP contribution in [0.5, 0.6) is 0 Å². The third-order valence-electron chi connectivity index (χ3n) is 3.29. The molecule has 3 nitrogen and oxygen atoms in total. The fourth-order valence-corrected chi connectivity index (χ4v) is 2.11. The molecule has 0 N–H and O–H groups in total. The molecule has 112 valence electrons. The predicted octanol–water partition coefficient (Wildman–Crippen LogP) is 3.66. The van der Waals surface area contributed by atoms with Crippen molar-refractivity contribution in [2.45, 2.75) is 6.92 Å². The second-order valence-corrected chi connectivity index (χ2v) is 5.03. The molecule has 22 heavy (non-hydrogen) atoms. The van der Waals surface area contributed by atoms with Gasteiger partial charge in [0.2, 0.25) is 0 Å². The average molecular weight is 294 g/mol. The van der Waals surface area contributed by atoms with Crippen molar-refractivity contribution in [3.05, 3.63) is 84.0 Å². The average Bonchev–Trinajstić information content (AvgIpc) is 2.55. The van der Waals surface area contributed by atoms with Crippen LogP contribution in [0.25, 0.3) is 0 Å². The first-order chi connectivity index (χ1) is 10.6. The number of rotatable bonds is 5. The summed E-state index contributed by atoms with van der Waals surface area (Å²) in [6.45, 7) is 5.25. The molecule has 0 bridgehead atoms. The van der Waals surface area contributed by atoms with Crippen LogP contribution in [0.3, 0.4) is 0 Å². The zero-order valence-electron chi connectivity index (χ0n) is 12.5. The Morgan fingerprint density at radius 2 is 1.95 bits per heavy atom. The maximum Gasteiger partial charge on any atom is 0.333 e. The molecular formula is C19H18O3. The zero-order valence-corrected chi connectivity index (χ0v) is 12.5. The molecule has 0 saturated heterocycles. The Labute approximate surface area is 130 Å². The van der Waals surface area contributed by atoms with Crippen molar-refractivity contribution < 1.29 is 14.3 Å². The van der Waals surface area contributed by atoms with Crippen LogP contribution in [0, 0.1) is 5.92 Å². The van der Waals surface area contributed by atoms with Gasteiger partial charge < -0.3 is 4.74 Å². The summed E-state index contributed by atoms with van der Waals surface area (Å²) >= 11 is 0. The van der Waals surface area contributed by atoms with Crippen molar-refractivity contribution in [2.75, 3.05) is 6.61 Å². The summed E-state index contributed by atoms with van der Waals surface area (Å²) in [7, 11) is 0. The van der Waals surface area contributed by atoms with Crippen molar-refractivity contribution in [1.82, 2.24) is 0 Å². The van der Waals surface area contributed by atoms with Crippen molar-refractivity contribution in [3.8, 4) is 0 Å². The number of hydrogen-bond acceptors (Lipinski definition) is 3. The topological polar surface area (TPSA) is 43.4 Å². The van der Waals surface area contributed by atoms with E-state index in [2.05, 4.69) is 6.58 Å². The number of allylic oxidation sites excluding steroid dienone is 5. The van der Waals surface area contributed by atoms with Gasteiger partial charge in [-0.1, -0.05) is 61.2 Å². The van der Waals surface area contributed by atoms with Crippen molar-refractivity contribution >= 4 is 11.8 Å². The maximum atomic E-state index is 12.6. The van der Waals surface area contributed by atoms with E-state index in [4.69, 9.17) is 4.74 Å². The van der Waals surface area contributed by atoms with E-state index in [-0.39, 0.29) is 18.3 Å². The number of carbonyl (C=O) groups is 2. The Balaban J connectivity index is 2.11. The quantitative estimate of drug-likeness (QED) is 0.473. The van der Waals surface area contributed by atoms with E-state index in [0.717, 1.165) is 5.57 Å². The van der Waals surface area contributed by atoms with E-state index in [0.29, 0.717) is 11.1 Å². The number of hydrogen-bond donors (Lipinski definition) is 0. The Bertz CT molecular complexity index is 663. The Hall–Kier alpha value is -2.68. The molecule has 0 aliphatic heterocycles. The van der Waals surface area contributed by atoms with Gasteiger partial charge in [-0.25, -0.2) is 4.79 Å². The van der Waals surface area contributed by atoms with Gasteiger partial charge in [0.25, 0.3) is 0 Å². The standard InChI is InChI=1S/C19H18O3/c1-14(2)19(21)22-13-12-15-8-6-7-11-17(15)18(20)16-9-4-3-5-10-16/h3-12,17H,1,13H2,2H3. The molecule has 0 heterocycles. The van der Waals surface area contributed by atoms with Gasteiger partial charge in [-0.05, 0) is 18.6 Å². The molecule has 0 aromatic heterocycles. The highest BCUT2D eigenvalue weighted by Crippen LogP contribution is 2.23. The highest BCUT2D eigenvalue weighted by Gasteiger charge is 2.21. The minimum absolute atomic E-state index is 0.0266. The van der Waals surface area contributed by atoms with Crippen molar-refractivity contribution in [3.63, 3.8) is 0 Å². The molecule has 0 spiro atoms. The van der Waals surface area contributed by atoms with Crippen LogP contribution < -0.4 is 0 Å². The second kappa shape index (κ2) is 7.36. The summed E-state index contributed by atoms with van der Waals surface area (Å²) in [6.07, 6.45) is 9.18. The van der Waals surface area contributed by atoms with E-state index in [1.165, 1.54) is 0 Å². The monoisotopic (exact) mass is 294 g/mol. The third kappa shape index (κ3) is 3.92. The first-order valence-corrected chi connectivity index (χ1v) is 7.06. The van der Waals surface area contributed by atoms with Crippen LogP contribution >= 0.6 is 0 Å². The molecule has 2 rings (SSSR count). The maximum absolute atomic E-state index is 12.6. The van der Waals surface area contributed by atoms with Gasteiger partial charge in [0.15, 0.2) is 5.78 Å². The van der Waals surface area contributed by atoms with Gasteiger partial charge >= 0.3 is 5.97 Å². The molecule has 1 aliphatic rings. The molecule has 1 aliphatic carbocycles. The van der Waals surface area contributed by atoms with Gasteiger partial charge in [0.05, 0.1) is 5.92 Å². The van der Waals surface area contributed by atoms with Crippen LogP contribution in [0.4, 0.5) is 0 Å². The summed E-state index contributed by atoms with van der Waals surface area (Å²) in [4.78, 5) is 23.9. The lowest BCUT2D eigenvalue weighted by molar-refractivity contribution is -0.137. The van der Waals surface area contributed by atoms with Gasteiger partial charge in [-0.3, -0.25) is 4.79 Å². The van der Waals surface area contributed by atoms with E-state index < -0.39 is 5.97 Å². The van der Waals surface area contributed by atoms with Crippen LogP contribution in [0.1, 0.15) is 17.3 Å². The number of Topliss-reactive ketones (excluding diaryl/α,β-unsaturated/α-hetero) is 1. The summed E-state index contributed by atoms with van der Waals surface area (Å²) in [5.74, 6) is -0.757. The number of carbonyl (C=O) groups excluding carboxylic acids is 2. The molecule has 0 saturated carbocycles. The number of ether oxygens (including phenoxy) is 1. The first kappa shape index (κ1) is 15.7. The lowest BCUT2D eigenvalue weighted by Gasteiger charge is -2.16. The van der Waals surface area contributed by atoms with Crippen molar-refractivity contribution in [1.29, 1.82) is 0 Å². The number of esters is 1. The molecule has 1 aromatic rings. The molecular weight excluding hydrogens is 276 g/mol. The highest BCUT2D eigenvalue weighted by atomic mass is 16.5. The minimum atomic E-state index is -0.432. The number of ketones is 1. The van der Waals surface area contributed by atoms with Gasteiger partial charge in [0.1, 0.15) is 6.61 Å². The summed E-state index contributed by atoms with van der Waals surface area (Å²) in [5, 5.41) is 0. The zero-order chi connectivity index (χ0) is 15.9. The van der Waals surface area contributed by atoms with Gasteiger partial charge in [-0.15, -0.1) is 0 Å². The smallest absolute Gasteiger partial charge is 0.333 e. The van der Waals surface area contributed by atoms with E-state index >= 15 is 0 Å². The van der Waals surface area contributed by atoms with Crippen molar-refractivity contribution in [2.24, 2.45) is 5.92 Å². The fraction of sp³-hybridized carbons (Fsp3) is 0.158. The molecule has 1 atom stereocenters. The number of benzene rings is 1. The SMILES string of the molecule is C=C(C)C(=O)OCC=C1C=CC=CC1C(=O)c1ccccc1. The normalized spacial score (nSPS) is 18.2. The lowest BCUT2D eigenvalue weighted by atomic mass is 9.87. The van der Waals surface area contributed by atoms with Crippen LogP contribution in [-0.2, 0) is 9.53 Å². The molecule has 3 heteroatoms. The molecule has 0 radical (unpaired) electrons. The highest BCUT2D eigenvalue weighted by molar-refractivity contribution is 6.01. The Morgan fingerprint density at radius 1 is 1.23 bits per heavy atom.